The summed E-state index contributed by atoms with van der Waals surface area (Å²) in [5.41, 5.74) is 8.76. The third-order valence-corrected chi connectivity index (χ3v) is 9.12. The second-order valence-corrected chi connectivity index (χ2v) is 13.2. The van der Waals surface area contributed by atoms with Crippen LogP contribution in [0.5, 0.6) is 17.2 Å². The second-order valence-electron chi connectivity index (χ2n) is 13.2. The van der Waals surface area contributed by atoms with Crippen LogP contribution in [0.25, 0.3) is 0 Å². The largest absolute Gasteiger partial charge is 0.492 e. The molecule has 13 nitrogen and oxygen atoms in total. The molecule has 2 aromatic heterocycles. The number of carbonyl (C=O) groups excluding carboxylic acids is 4. The van der Waals surface area contributed by atoms with E-state index in [1.54, 1.807) is 67.0 Å². The molecular formula is C44H37ClF4N6O7. The molecule has 320 valence electrons. The van der Waals surface area contributed by atoms with E-state index in [1.165, 1.54) is 24.5 Å². The van der Waals surface area contributed by atoms with Crippen LogP contribution in [0.15, 0.2) is 122 Å². The number of hydrogen-bond acceptors (Lipinski definition) is 10. The molecular weight excluding hydrogens is 836 g/mol. The van der Waals surface area contributed by atoms with E-state index in [2.05, 4.69) is 30.7 Å². The highest BCUT2D eigenvalue weighted by Gasteiger charge is 2.28. The van der Waals surface area contributed by atoms with E-state index in [0.717, 1.165) is 29.8 Å². The van der Waals surface area contributed by atoms with Crippen LogP contribution in [0.3, 0.4) is 0 Å². The summed E-state index contributed by atoms with van der Waals surface area (Å²) in [6.45, 7) is 1.13. The molecule has 0 bridgehead atoms. The topological polar surface area (TPSA) is 184 Å². The smallest absolute Gasteiger partial charge is 0.298 e. The number of halogens is 5. The van der Waals surface area contributed by atoms with Crippen LogP contribution in [0.2, 0.25) is 0 Å². The highest BCUT2D eigenvalue weighted by Crippen LogP contribution is 2.36. The minimum absolute atomic E-state index is 0. The Hall–Kier alpha value is -7.37. The Morgan fingerprint density at radius 2 is 1.15 bits per heavy atom. The third-order valence-electron chi connectivity index (χ3n) is 9.12. The number of pyridine rings is 2. The Bertz CT molecular complexity index is 2520. The van der Waals surface area contributed by atoms with Gasteiger partial charge in [0.2, 0.25) is 0 Å². The van der Waals surface area contributed by atoms with E-state index >= 15 is 0 Å². The van der Waals surface area contributed by atoms with Crippen molar-refractivity contribution in [2.45, 2.75) is 24.9 Å². The monoisotopic (exact) mass is 872 g/mol. The van der Waals surface area contributed by atoms with Crippen molar-refractivity contribution in [2.75, 3.05) is 23.8 Å². The van der Waals surface area contributed by atoms with Crippen molar-refractivity contribution in [1.82, 2.24) is 15.3 Å². The molecule has 3 amide bonds. The van der Waals surface area contributed by atoms with E-state index in [9.17, 15) is 36.7 Å². The number of fused-ring (bicyclic) bond motifs is 2. The van der Waals surface area contributed by atoms with Crippen molar-refractivity contribution in [2.24, 2.45) is 5.73 Å². The van der Waals surface area contributed by atoms with E-state index < -0.39 is 35.1 Å². The molecule has 62 heavy (non-hydrogen) atoms. The summed E-state index contributed by atoms with van der Waals surface area (Å²) in [5.74, 6) is -3.98. The van der Waals surface area contributed by atoms with Crippen LogP contribution in [-0.2, 0) is 4.79 Å². The van der Waals surface area contributed by atoms with E-state index in [0.29, 0.717) is 66.5 Å². The van der Waals surface area contributed by atoms with Crippen molar-refractivity contribution in [3.8, 4) is 17.2 Å². The summed E-state index contributed by atoms with van der Waals surface area (Å²) >= 11 is 0. The number of para-hydroxylation sites is 2. The van der Waals surface area contributed by atoms with Crippen LogP contribution in [0, 0.1) is 23.3 Å². The van der Waals surface area contributed by atoms with Crippen LogP contribution < -0.4 is 35.9 Å². The van der Waals surface area contributed by atoms with Gasteiger partial charge in [0.1, 0.15) is 17.2 Å². The van der Waals surface area contributed by atoms with Gasteiger partial charge < -0.3 is 35.9 Å². The Morgan fingerprint density at radius 3 is 1.68 bits per heavy atom. The number of nitrogens with zero attached hydrogens (tertiary/aromatic N) is 2. The fourth-order valence-electron chi connectivity index (χ4n) is 6.15. The van der Waals surface area contributed by atoms with Gasteiger partial charge in [-0.2, -0.15) is 0 Å². The van der Waals surface area contributed by atoms with E-state index in [1.807, 2.05) is 6.07 Å². The number of benzene rings is 4. The molecule has 6 aromatic rings. The zero-order valence-electron chi connectivity index (χ0n) is 32.4. The first kappa shape index (κ1) is 45.7. The van der Waals surface area contributed by atoms with Gasteiger partial charge in [-0.3, -0.25) is 29.1 Å². The van der Waals surface area contributed by atoms with Crippen molar-refractivity contribution in [1.29, 1.82) is 0 Å². The summed E-state index contributed by atoms with van der Waals surface area (Å²) in [6.07, 6.45) is 7.40. The SMILES string of the molecule is Cl.NC1CCOc2c(C(=O)Nc3ccc(F)c(F)c3)cccc21.O=C(NC1CCOc2c(C(=O)Nc3ccc(F)c(F)c3)cccc21)c1ccncc1.O=COc1ccncc1. The van der Waals surface area contributed by atoms with Crippen LogP contribution in [0.1, 0.15) is 67.1 Å². The lowest BCUT2D eigenvalue weighted by atomic mass is 9.96. The number of nitrogens with two attached hydrogens (primary N) is 1. The normalized spacial score (nSPS) is 14.3. The van der Waals surface area contributed by atoms with Crippen LogP contribution in [0.4, 0.5) is 28.9 Å². The number of aromatic nitrogens is 2. The molecule has 5 N–H and O–H groups in total. The maximum absolute atomic E-state index is 13.4. The van der Waals surface area contributed by atoms with Gasteiger partial charge in [-0.25, -0.2) is 17.6 Å². The number of hydrogen-bond donors (Lipinski definition) is 4. The molecule has 2 unspecified atom stereocenters. The zero-order valence-corrected chi connectivity index (χ0v) is 33.2. The number of rotatable bonds is 8. The highest BCUT2D eigenvalue weighted by molar-refractivity contribution is 6.07. The Morgan fingerprint density at radius 1 is 0.645 bits per heavy atom. The average molecular weight is 873 g/mol. The molecule has 4 aromatic carbocycles. The molecule has 0 fully saturated rings. The Labute approximate surface area is 358 Å². The predicted octanol–water partition coefficient (Wildman–Crippen LogP) is 7.90. The molecule has 4 heterocycles. The molecule has 0 radical (unpaired) electrons. The first-order valence-corrected chi connectivity index (χ1v) is 18.5. The number of anilines is 2. The van der Waals surface area contributed by atoms with Gasteiger partial charge >= 0.3 is 0 Å². The minimum Gasteiger partial charge on any atom is -0.492 e. The highest BCUT2D eigenvalue weighted by atomic mass is 35.5. The zero-order chi connectivity index (χ0) is 43.3. The van der Waals surface area contributed by atoms with Gasteiger partial charge in [-0.1, -0.05) is 24.3 Å². The first-order chi connectivity index (χ1) is 29.5. The second kappa shape index (κ2) is 21.8. The number of ether oxygens (including phenoxy) is 3. The third kappa shape index (κ3) is 11.7. The van der Waals surface area contributed by atoms with Gasteiger partial charge in [0.15, 0.2) is 23.3 Å². The molecule has 2 aliphatic rings. The molecule has 2 atom stereocenters. The van der Waals surface area contributed by atoms with Crippen molar-refractivity contribution >= 4 is 48.0 Å². The van der Waals surface area contributed by atoms with Gasteiger partial charge in [-0.15, -0.1) is 12.4 Å². The molecule has 0 saturated heterocycles. The molecule has 8 rings (SSSR count). The van der Waals surface area contributed by atoms with Crippen molar-refractivity contribution in [3.63, 3.8) is 0 Å². The summed E-state index contributed by atoms with van der Waals surface area (Å²) in [5, 5.41) is 8.01. The molecule has 0 spiro atoms. The molecule has 18 heteroatoms. The molecule has 2 aliphatic heterocycles. The Balaban J connectivity index is 0.000000198. The van der Waals surface area contributed by atoms with Crippen molar-refractivity contribution < 1.29 is 51.0 Å². The average Bonchev–Trinajstić information content (AvgIpc) is 3.27. The number of carbonyl (C=O) groups is 4. The predicted molar refractivity (Wildman–Crippen MR) is 221 cm³/mol. The lowest BCUT2D eigenvalue weighted by molar-refractivity contribution is -0.120. The number of amides is 3. The lowest BCUT2D eigenvalue weighted by Gasteiger charge is -2.28. The maximum Gasteiger partial charge on any atom is 0.298 e. The Kier molecular flexibility index (Phi) is 16.0. The summed E-state index contributed by atoms with van der Waals surface area (Å²) in [7, 11) is 0. The quantitative estimate of drug-likeness (QED) is 0.0866. The van der Waals surface area contributed by atoms with Gasteiger partial charge in [0, 0.05) is 83.9 Å². The molecule has 0 saturated carbocycles. The van der Waals surface area contributed by atoms with E-state index in [4.69, 9.17) is 15.2 Å². The standard InChI is InChI=1S/C22H17F2N3O3.C16H14F2N2O2.C6H5NO2.ClH/c23-17-5-4-14(12-18(17)24)26-22(29)16-3-1-2-15-19(8-11-30-20(15)16)27-21(28)13-6-9-25-10-7-13;17-12-5-4-9(8-13(12)18)20-16(21)11-3-1-2-10-14(19)6-7-22-15(10)11;8-5-9-6-1-3-7-4-2-6;/h1-7,9-10,12,19H,8,11H2,(H,26,29)(H,27,28);1-5,8,14H,6-7,19H2,(H,20,21);1-5H;1H. The minimum atomic E-state index is -1.06. The molecule has 0 aliphatic carbocycles. The van der Waals surface area contributed by atoms with Crippen LogP contribution >= 0.6 is 12.4 Å². The lowest BCUT2D eigenvalue weighted by Crippen LogP contribution is -2.33. The summed E-state index contributed by atoms with van der Waals surface area (Å²) < 4.78 is 68.4. The van der Waals surface area contributed by atoms with Crippen LogP contribution in [-0.4, -0.2) is 47.4 Å². The maximum atomic E-state index is 13.4. The van der Waals surface area contributed by atoms with Gasteiger partial charge in [0.05, 0.1) is 30.4 Å². The number of nitrogens with one attached hydrogen (secondary N) is 3. The fourth-order valence-corrected chi connectivity index (χ4v) is 6.15. The fraction of sp³-hybridized carbons (Fsp3) is 0.136. The summed E-state index contributed by atoms with van der Waals surface area (Å²) in [4.78, 5) is 54.9. The van der Waals surface area contributed by atoms with Gasteiger partial charge in [0.25, 0.3) is 24.2 Å². The first-order valence-electron chi connectivity index (χ1n) is 18.5. The van der Waals surface area contributed by atoms with E-state index in [-0.39, 0.29) is 47.3 Å². The van der Waals surface area contributed by atoms with Crippen molar-refractivity contribution in [3.05, 3.63) is 173 Å². The summed E-state index contributed by atoms with van der Waals surface area (Å²) in [6, 6.07) is 22.4. The van der Waals surface area contributed by atoms with Gasteiger partial charge in [-0.05, 0) is 60.7 Å².